The van der Waals surface area contributed by atoms with Gasteiger partial charge < -0.3 is 14.5 Å². The van der Waals surface area contributed by atoms with Gasteiger partial charge >= 0.3 is 5.76 Å². The van der Waals surface area contributed by atoms with Gasteiger partial charge in [-0.25, -0.2) is 9.48 Å². The van der Waals surface area contributed by atoms with Gasteiger partial charge in [-0.05, 0) is 43.3 Å². The quantitative estimate of drug-likeness (QED) is 0.537. The number of benzene rings is 2. The molecule has 148 valence electrons. The summed E-state index contributed by atoms with van der Waals surface area (Å²) in [4.78, 5) is 24.6. The summed E-state index contributed by atoms with van der Waals surface area (Å²) in [6.45, 7) is 2.08. The lowest BCUT2D eigenvalue weighted by molar-refractivity contribution is 0.0931. The summed E-state index contributed by atoms with van der Waals surface area (Å²) in [7, 11) is 1.59. The molecule has 2 heterocycles. The number of nitrogens with one attached hydrogen (secondary N) is 1. The van der Waals surface area contributed by atoms with E-state index in [1.165, 1.54) is 9.25 Å². The number of aromatic nitrogens is 4. The predicted octanol–water partition coefficient (Wildman–Crippen LogP) is 2.00. The standard InChI is InChI=1S/C20H19N5O4/c1-13(11-24-17-5-3-4-6-18(17)29-20(24)27)21-19(26)16-12-25(23-22-16)14-7-9-15(28-2)10-8-14/h3-10,12-13H,11H2,1-2H3,(H,21,26). The molecule has 4 rings (SSSR count). The molecule has 0 saturated heterocycles. The molecule has 9 nitrogen and oxygen atoms in total. The molecule has 0 aliphatic rings. The highest BCUT2D eigenvalue weighted by Crippen LogP contribution is 2.14. The fourth-order valence-corrected chi connectivity index (χ4v) is 3.03. The number of carbonyl (C=O) groups excluding carboxylic acids is 1. The Morgan fingerprint density at radius 1 is 1.21 bits per heavy atom. The van der Waals surface area contributed by atoms with Crippen LogP contribution in [0.25, 0.3) is 16.8 Å². The van der Waals surface area contributed by atoms with E-state index in [4.69, 9.17) is 9.15 Å². The minimum Gasteiger partial charge on any atom is -0.497 e. The molecular weight excluding hydrogens is 374 g/mol. The Morgan fingerprint density at radius 3 is 2.72 bits per heavy atom. The van der Waals surface area contributed by atoms with Crippen LogP contribution >= 0.6 is 0 Å². The molecule has 0 spiro atoms. The van der Waals surface area contributed by atoms with Crippen LogP contribution in [0.3, 0.4) is 0 Å². The number of ether oxygens (including phenoxy) is 1. The molecule has 4 aromatic rings. The van der Waals surface area contributed by atoms with E-state index in [-0.39, 0.29) is 24.2 Å². The average molecular weight is 393 g/mol. The van der Waals surface area contributed by atoms with Crippen LogP contribution in [0, 0.1) is 0 Å². The van der Waals surface area contributed by atoms with Crippen molar-refractivity contribution in [1.29, 1.82) is 0 Å². The van der Waals surface area contributed by atoms with Crippen molar-refractivity contribution in [3.05, 3.63) is 71.0 Å². The van der Waals surface area contributed by atoms with Gasteiger partial charge in [-0.1, -0.05) is 17.3 Å². The van der Waals surface area contributed by atoms with Crippen molar-refractivity contribution in [3.63, 3.8) is 0 Å². The Kier molecular flexibility index (Phi) is 4.86. The minimum absolute atomic E-state index is 0.178. The predicted molar refractivity (Wildman–Crippen MR) is 105 cm³/mol. The number of rotatable bonds is 6. The molecule has 0 saturated carbocycles. The number of oxazole rings is 1. The average Bonchev–Trinajstić information content (AvgIpc) is 3.34. The van der Waals surface area contributed by atoms with Crippen molar-refractivity contribution in [3.8, 4) is 11.4 Å². The number of carbonyl (C=O) groups is 1. The lowest BCUT2D eigenvalue weighted by Gasteiger charge is -2.13. The molecule has 0 radical (unpaired) electrons. The van der Waals surface area contributed by atoms with E-state index in [9.17, 15) is 9.59 Å². The van der Waals surface area contributed by atoms with Gasteiger partial charge in [-0.3, -0.25) is 9.36 Å². The third-order valence-electron chi connectivity index (χ3n) is 4.47. The molecule has 29 heavy (non-hydrogen) atoms. The minimum atomic E-state index is -0.460. The van der Waals surface area contributed by atoms with Gasteiger partial charge in [0.05, 0.1) is 24.5 Å². The number of para-hydroxylation sites is 2. The summed E-state index contributed by atoms with van der Waals surface area (Å²) in [5.41, 5.74) is 2.13. The van der Waals surface area contributed by atoms with E-state index in [0.29, 0.717) is 11.1 Å². The molecule has 9 heteroatoms. The van der Waals surface area contributed by atoms with Gasteiger partial charge in [-0.15, -0.1) is 5.10 Å². The van der Waals surface area contributed by atoms with Crippen molar-refractivity contribution in [2.45, 2.75) is 19.5 Å². The highest BCUT2D eigenvalue weighted by molar-refractivity contribution is 5.92. The maximum Gasteiger partial charge on any atom is 0.420 e. The summed E-state index contributed by atoms with van der Waals surface area (Å²) in [5, 5.41) is 10.8. The van der Waals surface area contributed by atoms with Crippen LogP contribution in [0.15, 0.2) is 63.9 Å². The topological polar surface area (TPSA) is 104 Å². The van der Waals surface area contributed by atoms with Crippen molar-refractivity contribution < 1.29 is 13.9 Å². The van der Waals surface area contributed by atoms with E-state index < -0.39 is 5.76 Å². The number of methoxy groups -OCH3 is 1. The van der Waals surface area contributed by atoms with Gasteiger partial charge in [-0.2, -0.15) is 0 Å². The zero-order chi connectivity index (χ0) is 20.4. The zero-order valence-corrected chi connectivity index (χ0v) is 15.9. The van der Waals surface area contributed by atoms with Crippen LogP contribution in [-0.2, 0) is 6.54 Å². The number of fused-ring (bicyclic) bond motifs is 1. The van der Waals surface area contributed by atoms with E-state index in [1.807, 2.05) is 18.2 Å². The molecule has 0 bridgehead atoms. The third-order valence-corrected chi connectivity index (χ3v) is 4.47. The van der Waals surface area contributed by atoms with Crippen LogP contribution in [-0.4, -0.2) is 38.6 Å². The van der Waals surface area contributed by atoms with Crippen LogP contribution in [0.2, 0.25) is 0 Å². The Balaban J connectivity index is 1.45. The van der Waals surface area contributed by atoms with Crippen molar-refractivity contribution in [2.75, 3.05) is 7.11 Å². The first-order valence-electron chi connectivity index (χ1n) is 9.01. The Morgan fingerprint density at radius 2 is 1.97 bits per heavy atom. The first kappa shape index (κ1) is 18.5. The summed E-state index contributed by atoms with van der Waals surface area (Å²) in [6, 6.07) is 14.1. The van der Waals surface area contributed by atoms with Crippen molar-refractivity contribution >= 4 is 17.0 Å². The summed E-state index contributed by atoms with van der Waals surface area (Å²) < 4.78 is 13.4. The second kappa shape index (κ2) is 7.63. The summed E-state index contributed by atoms with van der Waals surface area (Å²) >= 11 is 0. The largest absolute Gasteiger partial charge is 0.497 e. The van der Waals surface area contributed by atoms with Gasteiger partial charge in [0.25, 0.3) is 5.91 Å². The molecule has 1 amide bonds. The molecule has 0 aliphatic carbocycles. The van der Waals surface area contributed by atoms with Crippen LogP contribution in [0.5, 0.6) is 5.75 Å². The monoisotopic (exact) mass is 393 g/mol. The van der Waals surface area contributed by atoms with Crippen molar-refractivity contribution in [1.82, 2.24) is 24.9 Å². The van der Waals surface area contributed by atoms with E-state index in [2.05, 4.69) is 15.6 Å². The van der Waals surface area contributed by atoms with E-state index in [1.54, 1.807) is 50.6 Å². The van der Waals surface area contributed by atoms with E-state index >= 15 is 0 Å². The molecule has 1 atom stereocenters. The van der Waals surface area contributed by atoms with Gasteiger partial charge in [0, 0.05) is 12.6 Å². The van der Waals surface area contributed by atoms with E-state index in [0.717, 1.165) is 11.4 Å². The molecule has 1 N–H and O–H groups in total. The Hall–Kier alpha value is -3.88. The molecular formula is C20H19N5O4. The van der Waals surface area contributed by atoms with Crippen molar-refractivity contribution in [2.24, 2.45) is 0 Å². The first-order valence-corrected chi connectivity index (χ1v) is 9.01. The van der Waals surface area contributed by atoms with Crippen LogP contribution in [0.1, 0.15) is 17.4 Å². The smallest absolute Gasteiger partial charge is 0.420 e. The summed E-state index contributed by atoms with van der Waals surface area (Å²) in [5.74, 6) is -0.112. The van der Waals surface area contributed by atoms with Gasteiger partial charge in [0.1, 0.15) is 5.75 Å². The lowest BCUT2D eigenvalue weighted by atomic mass is 10.3. The van der Waals surface area contributed by atoms with Gasteiger partial charge in [0.2, 0.25) is 0 Å². The zero-order valence-electron chi connectivity index (χ0n) is 15.9. The normalized spacial score (nSPS) is 12.1. The Labute approximate surface area is 165 Å². The molecule has 1 unspecified atom stereocenters. The number of amides is 1. The highest BCUT2D eigenvalue weighted by Gasteiger charge is 2.17. The molecule has 2 aromatic carbocycles. The fourth-order valence-electron chi connectivity index (χ4n) is 3.03. The maximum absolute atomic E-state index is 12.5. The summed E-state index contributed by atoms with van der Waals surface area (Å²) in [6.07, 6.45) is 1.54. The molecule has 2 aromatic heterocycles. The third kappa shape index (κ3) is 3.75. The fraction of sp³-hybridized carbons (Fsp3) is 0.200. The molecule has 0 aliphatic heterocycles. The molecule has 0 fully saturated rings. The van der Waals surface area contributed by atoms with Crippen LogP contribution in [0.4, 0.5) is 0 Å². The van der Waals surface area contributed by atoms with Crippen LogP contribution < -0.4 is 15.8 Å². The maximum atomic E-state index is 12.5. The van der Waals surface area contributed by atoms with Gasteiger partial charge in [0.15, 0.2) is 11.3 Å². The lowest BCUT2D eigenvalue weighted by Crippen LogP contribution is -2.37. The number of nitrogens with zero attached hydrogens (tertiary/aromatic N) is 4. The highest BCUT2D eigenvalue weighted by atomic mass is 16.5. The SMILES string of the molecule is COc1ccc(-n2cc(C(=O)NC(C)Cn3c(=O)oc4ccccc43)nn2)cc1. The first-order chi connectivity index (χ1) is 14.0. The second-order valence-corrected chi connectivity index (χ2v) is 6.57. The Bertz CT molecular complexity index is 1210. The second-order valence-electron chi connectivity index (χ2n) is 6.57. The number of hydrogen-bond acceptors (Lipinski definition) is 6. The number of hydrogen-bond donors (Lipinski definition) is 1.